The van der Waals surface area contributed by atoms with Gasteiger partial charge in [-0.05, 0) is 35.9 Å². The van der Waals surface area contributed by atoms with Crippen molar-refractivity contribution in [2.45, 2.75) is 0 Å². The van der Waals surface area contributed by atoms with Gasteiger partial charge in [-0.3, -0.25) is 0 Å². The molecule has 0 aromatic heterocycles. The zero-order valence-corrected chi connectivity index (χ0v) is 11.5. The minimum Gasteiger partial charge on any atom is -0.355 e. The number of hydrogen-bond donors (Lipinski definition) is 1. The number of nitrogens with one attached hydrogen (secondary N) is 1. The monoisotopic (exact) mass is 270 g/mol. The summed E-state index contributed by atoms with van der Waals surface area (Å²) in [6.45, 7) is 0. The molecule has 2 heteroatoms. The first kappa shape index (κ1) is 13.0. The summed E-state index contributed by atoms with van der Waals surface area (Å²) in [7, 11) is 0. The van der Waals surface area contributed by atoms with Crippen LogP contribution in [-0.4, -0.2) is 0 Å². The summed E-state index contributed by atoms with van der Waals surface area (Å²) < 4.78 is 0. The molecule has 0 aliphatic rings. The second-order valence-corrected chi connectivity index (χ2v) is 4.73. The molecule has 0 fully saturated rings. The molecular formula is C19H14N2. The summed E-state index contributed by atoms with van der Waals surface area (Å²) in [6, 6.07) is 28.0. The lowest BCUT2D eigenvalue weighted by molar-refractivity contribution is 1.47. The zero-order chi connectivity index (χ0) is 14.5. The zero-order valence-electron chi connectivity index (χ0n) is 11.5. The molecule has 3 rings (SSSR count). The van der Waals surface area contributed by atoms with Gasteiger partial charge < -0.3 is 5.32 Å². The van der Waals surface area contributed by atoms with Gasteiger partial charge in [-0.25, -0.2) is 0 Å². The van der Waals surface area contributed by atoms with Crippen molar-refractivity contribution >= 4 is 11.4 Å². The molecule has 0 unspecified atom stereocenters. The predicted octanol–water partition coefficient (Wildman–Crippen LogP) is 4.97. The molecule has 0 spiro atoms. The fourth-order valence-electron chi connectivity index (χ4n) is 2.26. The summed E-state index contributed by atoms with van der Waals surface area (Å²) in [5, 5.41) is 12.5. The SMILES string of the molecule is N#Cc1ccc(Nc2ccccc2)c(-c2ccccc2)c1. The molecule has 0 amide bonds. The molecule has 3 aromatic rings. The van der Waals surface area contributed by atoms with Crippen molar-refractivity contribution in [3.8, 4) is 17.2 Å². The Labute approximate surface area is 124 Å². The Morgan fingerprint density at radius 1 is 0.762 bits per heavy atom. The van der Waals surface area contributed by atoms with Crippen molar-refractivity contribution in [2.75, 3.05) is 5.32 Å². The summed E-state index contributed by atoms with van der Waals surface area (Å²) in [5.41, 5.74) is 4.80. The van der Waals surface area contributed by atoms with Crippen LogP contribution < -0.4 is 5.32 Å². The van der Waals surface area contributed by atoms with Crippen molar-refractivity contribution in [3.05, 3.63) is 84.4 Å². The average molecular weight is 270 g/mol. The van der Waals surface area contributed by atoms with E-state index in [4.69, 9.17) is 5.26 Å². The average Bonchev–Trinajstić information content (AvgIpc) is 2.57. The van der Waals surface area contributed by atoms with Gasteiger partial charge in [0.2, 0.25) is 0 Å². The molecule has 0 saturated carbocycles. The number of benzene rings is 3. The van der Waals surface area contributed by atoms with Crippen LogP contribution >= 0.6 is 0 Å². The van der Waals surface area contributed by atoms with E-state index < -0.39 is 0 Å². The van der Waals surface area contributed by atoms with Gasteiger partial charge in [0.05, 0.1) is 11.6 Å². The highest BCUT2D eigenvalue weighted by Crippen LogP contribution is 2.31. The second kappa shape index (κ2) is 5.94. The van der Waals surface area contributed by atoms with Crippen molar-refractivity contribution in [1.82, 2.24) is 0 Å². The summed E-state index contributed by atoms with van der Waals surface area (Å²) in [5.74, 6) is 0. The van der Waals surface area contributed by atoms with Crippen molar-refractivity contribution < 1.29 is 0 Å². The molecular weight excluding hydrogens is 256 g/mol. The maximum Gasteiger partial charge on any atom is 0.0991 e. The van der Waals surface area contributed by atoms with Crippen LogP contribution in [0.15, 0.2) is 78.9 Å². The number of rotatable bonds is 3. The van der Waals surface area contributed by atoms with Crippen molar-refractivity contribution in [1.29, 1.82) is 5.26 Å². The first-order valence-corrected chi connectivity index (χ1v) is 6.78. The number of hydrogen-bond acceptors (Lipinski definition) is 2. The quantitative estimate of drug-likeness (QED) is 0.729. The van der Waals surface area contributed by atoms with E-state index in [1.54, 1.807) is 0 Å². The largest absolute Gasteiger partial charge is 0.355 e. The van der Waals surface area contributed by atoms with Crippen molar-refractivity contribution in [2.24, 2.45) is 0 Å². The molecule has 0 heterocycles. The third-order valence-corrected chi connectivity index (χ3v) is 3.29. The molecule has 0 radical (unpaired) electrons. The molecule has 0 atom stereocenters. The maximum absolute atomic E-state index is 9.12. The highest BCUT2D eigenvalue weighted by atomic mass is 14.9. The van der Waals surface area contributed by atoms with Crippen LogP contribution in [0.2, 0.25) is 0 Å². The van der Waals surface area contributed by atoms with E-state index in [2.05, 4.69) is 11.4 Å². The Kier molecular flexibility index (Phi) is 3.66. The van der Waals surface area contributed by atoms with Crippen LogP contribution in [0, 0.1) is 11.3 Å². The van der Waals surface area contributed by atoms with Crippen LogP contribution in [0.3, 0.4) is 0 Å². The second-order valence-electron chi connectivity index (χ2n) is 4.73. The van der Waals surface area contributed by atoms with Crippen LogP contribution in [0.1, 0.15) is 5.56 Å². The Bertz CT molecular complexity index is 772. The molecule has 3 aromatic carbocycles. The summed E-state index contributed by atoms with van der Waals surface area (Å²) >= 11 is 0. The molecule has 0 aliphatic carbocycles. The first-order valence-electron chi connectivity index (χ1n) is 6.78. The molecule has 2 nitrogen and oxygen atoms in total. The minimum atomic E-state index is 0.660. The lowest BCUT2D eigenvalue weighted by atomic mass is 10.0. The van der Waals surface area contributed by atoms with Crippen LogP contribution in [0.5, 0.6) is 0 Å². The van der Waals surface area contributed by atoms with Gasteiger partial charge in [-0.2, -0.15) is 5.26 Å². The first-order chi connectivity index (χ1) is 10.4. The molecule has 0 aliphatic heterocycles. The number of para-hydroxylation sites is 1. The van der Waals surface area contributed by atoms with Gasteiger partial charge in [0.15, 0.2) is 0 Å². The number of nitrogens with zero attached hydrogens (tertiary/aromatic N) is 1. The maximum atomic E-state index is 9.12. The Hall–Kier alpha value is -3.05. The Balaban J connectivity index is 2.06. The van der Waals surface area contributed by atoms with Gasteiger partial charge in [-0.15, -0.1) is 0 Å². The minimum absolute atomic E-state index is 0.660. The van der Waals surface area contributed by atoms with Gasteiger partial charge in [0, 0.05) is 16.9 Å². The Morgan fingerprint density at radius 3 is 2.10 bits per heavy atom. The van der Waals surface area contributed by atoms with Gasteiger partial charge >= 0.3 is 0 Å². The van der Waals surface area contributed by atoms with E-state index in [1.807, 2.05) is 78.9 Å². The predicted molar refractivity (Wildman–Crippen MR) is 86.3 cm³/mol. The third-order valence-electron chi connectivity index (χ3n) is 3.29. The molecule has 0 saturated heterocycles. The Morgan fingerprint density at radius 2 is 1.43 bits per heavy atom. The normalized spacial score (nSPS) is 9.86. The highest BCUT2D eigenvalue weighted by molar-refractivity contribution is 5.82. The van der Waals surface area contributed by atoms with E-state index in [9.17, 15) is 0 Å². The van der Waals surface area contributed by atoms with Crippen LogP contribution in [0.4, 0.5) is 11.4 Å². The van der Waals surface area contributed by atoms with E-state index in [-0.39, 0.29) is 0 Å². The molecule has 0 bridgehead atoms. The fourth-order valence-corrected chi connectivity index (χ4v) is 2.26. The van der Waals surface area contributed by atoms with E-state index >= 15 is 0 Å². The topological polar surface area (TPSA) is 35.8 Å². The van der Waals surface area contributed by atoms with E-state index in [0.29, 0.717) is 5.56 Å². The summed E-state index contributed by atoms with van der Waals surface area (Å²) in [6.07, 6.45) is 0. The van der Waals surface area contributed by atoms with Gasteiger partial charge in [0.25, 0.3) is 0 Å². The van der Waals surface area contributed by atoms with Gasteiger partial charge in [0.1, 0.15) is 0 Å². The van der Waals surface area contributed by atoms with E-state index in [0.717, 1.165) is 22.5 Å². The molecule has 100 valence electrons. The van der Waals surface area contributed by atoms with E-state index in [1.165, 1.54) is 0 Å². The van der Waals surface area contributed by atoms with Crippen molar-refractivity contribution in [3.63, 3.8) is 0 Å². The lowest BCUT2D eigenvalue weighted by Gasteiger charge is -2.13. The molecule has 1 N–H and O–H groups in total. The third kappa shape index (κ3) is 2.93. The number of anilines is 2. The fraction of sp³-hybridized carbons (Fsp3) is 0. The van der Waals surface area contributed by atoms with Gasteiger partial charge in [-0.1, -0.05) is 48.5 Å². The summed E-state index contributed by atoms with van der Waals surface area (Å²) in [4.78, 5) is 0. The van der Waals surface area contributed by atoms with Crippen LogP contribution in [-0.2, 0) is 0 Å². The number of nitriles is 1. The standard InChI is InChI=1S/C19H14N2/c20-14-15-11-12-19(21-17-9-5-2-6-10-17)18(13-15)16-7-3-1-4-8-16/h1-13,21H. The highest BCUT2D eigenvalue weighted by Gasteiger charge is 2.06. The molecule has 21 heavy (non-hydrogen) atoms. The lowest BCUT2D eigenvalue weighted by Crippen LogP contribution is -1.94. The smallest absolute Gasteiger partial charge is 0.0991 e. The van der Waals surface area contributed by atoms with Crippen LogP contribution in [0.25, 0.3) is 11.1 Å².